The molecule has 1 unspecified atom stereocenters. The van der Waals surface area contributed by atoms with Crippen LogP contribution in [-0.2, 0) is 0 Å². The van der Waals surface area contributed by atoms with Crippen LogP contribution < -0.4 is 15.4 Å². The third-order valence-electron chi connectivity index (χ3n) is 3.05. The van der Waals surface area contributed by atoms with E-state index in [0.717, 1.165) is 11.3 Å². The summed E-state index contributed by atoms with van der Waals surface area (Å²) in [5.41, 5.74) is 8.78. The van der Waals surface area contributed by atoms with Gasteiger partial charge in [0.15, 0.2) is 0 Å². The molecule has 2 rings (SSSR count). The summed E-state index contributed by atoms with van der Waals surface area (Å²) >= 11 is 0. The zero-order chi connectivity index (χ0) is 13.8. The molecule has 0 aliphatic heterocycles. The average molecular weight is 256 g/mol. The van der Waals surface area contributed by atoms with Gasteiger partial charge in [-0.25, -0.2) is 0 Å². The minimum Gasteiger partial charge on any atom is -0.486 e. The number of ether oxygens (including phenoxy) is 1. The van der Waals surface area contributed by atoms with Gasteiger partial charge < -0.3 is 15.4 Å². The van der Waals surface area contributed by atoms with Crippen LogP contribution in [0.2, 0.25) is 0 Å². The minimum atomic E-state index is -0.00184. The standard InChI is InChI=1S/C16H20N2O/c1-12(19-16-6-4-5-14(17)11-16)13-7-9-15(10-8-13)18(2)3/h4-12H,17H2,1-3H3. The van der Waals surface area contributed by atoms with Crippen LogP contribution in [0.5, 0.6) is 5.75 Å². The number of benzene rings is 2. The smallest absolute Gasteiger partial charge is 0.122 e. The Labute approximate surface area is 114 Å². The van der Waals surface area contributed by atoms with Gasteiger partial charge in [-0.1, -0.05) is 18.2 Å². The monoisotopic (exact) mass is 256 g/mol. The number of nitrogens with zero attached hydrogens (tertiary/aromatic N) is 1. The van der Waals surface area contributed by atoms with Crippen molar-refractivity contribution in [2.45, 2.75) is 13.0 Å². The lowest BCUT2D eigenvalue weighted by molar-refractivity contribution is 0.227. The predicted octanol–water partition coefficient (Wildman–Crippen LogP) is 3.47. The molecule has 2 aromatic carbocycles. The Morgan fingerprint density at radius 3 is 2.32 bits per heavy atom. The van der Waals surface area contributed by atoms with Gasteiger partial charge in [0.25, 0.3) is 0 Å². The number of nitrogens with two attached hydrogens (primary N) is 1. The summed E-state index contributed by atoms with van der Waals surface area (Å²) in [6.07, 6.45) is -0.00184. The molecule has 0 bridgehead atoms. The molecule has 0 aliphatic rings. The van der Waals surface area contributed by atoms with Crippen molar-refractivity contribution in [3.63, 3.8) is 0 Å². The normalized spacial score (nSPS) is 11.9. The lowest BCUT2D eigenvalue weighted by Gasteiger charge is -2.17. The number of hydrogen-bond donors (Lipinski definition) is 1. The fourth-order valence-corrected chi connectivity index (χ4v) is 1.90. The lowest BCUT2D eigenvalue weighted by Crippen LogP contribution is -2.09. The highest BCUT2D eigenvalue weighted by Gasteiger charge is 2.07. The summed E-state index contributed by atoms with van der Waals surface area (Å²) in [4.78, 5) is 2.08. The Hall–Kier alpha value is -2.16. The second-order valence-corrected chi connectivity index (χ2v) is 4.82. The summed E-state index contributed by atoms with van der Waals surface area (Å²) in [5.74, 6) is 0.796. The van der Waals surface area contributed by atoms with E-state index in [0.29, 0.717) is 5.69 Å². The van der Waals surface area contributed by atoms with Gasteiger partial charge in [0.1, 0.15) is 11.9 Å². The summed E-state index contributed by atoms with van der Waals surface area (Å²) in [6, 6.07) is 15.9. The molecule has 0 fully saturated rings. The summed E-state index contributed by atoms with van der Waals surface area (Å²) in [5, 5.41) is 0. The Morgan fingerprint density at radius 2 is 1.74 bits per heavy atom. The molecule has 0 aliphatic carbocycles. The molecule has 0 saturated heterocycles. The maximum atomic E-state index is 5.89. The van der Waals surface area contributed by atoms with Crippen LogP contribution in [-0.4, -0.2) is 14.1 Å². The first-order valence-electron chi connectivity index (χ1n) is 6.36. The van der Waals surface area contributed by atoms with E-state index in [1.165, 1.54) is 5.69 Å². The van der Waals surface area contributed by atoms with E-state index in [1.54, 1.807) is 0 Å². The molecule has 0 saturated carbocycles. The van der Waals surface area contributed by atoms with Gasteiger partial charge in [0.05, 0.1) is 0 Å². The summed E-state index contributed by atoms with van der Waals surface area (Å²) in [7, 11) is 4.06. The fourth-order valence-electron chi connectivity index (χ4n) is 1.90. The molecule has 3 nitrogen and oxygen atoms in total. The van der Waals surface area contributed by atoms with Crippen molar-refractivity contribution < 1.29 is 4.74 Å². The molecule has 0 spiro atoms. The van der Waals surface area contributed by atoms with Crippen molar-refractivity contribution in [2.75, 3.05) is 24.7 Å². The molecule has 0 heterocycles. The first-order valence-corrected chi connectivity index (χ1v) is 6.36. The van der Waals surface area contributed by atoms with E-state index in [9.17, 15) is 0 Å². The highest BCUT2D eigenvalue weighted by molar-refractivity contribution is 5.47. The van der Waals surface area contributed by atoms with E-state index in [2.05, 4.69) is 29.2 Å². The van der Waals surface area contributed by atoms with Gasteiger partial charge in [0.2, 0.25) is 0 Å². The average Bonchev–Trinajstić information content (AvgIpc) is 2.39. The van der Waals surface area contributed by atoms with Crippen molar-refractivity contribution in [3.05, 3.63) is 54.1 Å². The first kappa shape index (κ1) is 13.3. The van der Waals surface area contributed by atoms with Crippen molar-refractivity contribution in [3.8, 4) is 5.75 Å². The number of nitrogen functional groups attached to an aromatic ring is 1. The molecule has 2 N–H and O–H groups in total. The van der Waals surface area contributed by atoms with Crippen LogP contribution in [0.3, 0.4) is 0 Å². The third-order valence-corrected chi connectivity index (χ3v) is 3.05. The van der Waals surface area contributed by atoms with Gasteiger partial charge in [0, 0.05) is 31.5 Å². The topological polar surface area (TPSA) is 38.5 Å². The molecule has 0 aromatic heterocycles. The van der Waals surface area contributed by atoms with Crippen molar-refractivity contribution in [1.82, 2.24) is 0 Å². The summed E-state index contributed by atoms with van der Waals surface area (Å²) < 4.78 is 5.89. The van der Waals surface area contributed by atoms with Gasteiger partial charge in [-0.3, -0.25) is 0 Å². The van der Waals surface area contributed by atoms with Crippen molar-refractivity contribution in [1.29, 1.82) is 0 Å². The van der Waals surface area contributed by atoms with Crippen molar-refractivity contribution in [2.24, 2.45) is 0 Å². The van der Waals surface area contributed by atoms with E-state index in [-0.39, 0.29) is 6.10 Å². The molecule has 3 heteroatoms. The predicted molar refractivity (Wildman–Crippen MR) is 80.7 cm³/mol. The van der Waals surface area contributed by atoms with Gasteiger partial charge in [-0.05, 0) is 36.8 Å². The van der Waals surface area contributed by atoms with Crippen molar-refractivity contribution >= 4 is 11.4 Å². The molecule has 0 radical (unpaired) electrons. The second-order valence-electron chi connectivity index (χ2n) is 4.82. The van der Waals surface area contributed by atoms with Crippen LogP contribution in [0, 0.1) is 0 Å². The maximum Gasteiger partial charge on any atom is 0.122 e. The fraction of sp³-hybridized carbons (Fsp3) is 0.250. The molecule has 2 aromatic rings. The minimum absolute atomic E-state index is 0.00184. The quantitative estimate of drug-likeness (QED) is 0.851. The highest BCUT2D eigenvalue weighted by atomic mass is 16.5. The molecular weight excluding hydrogens is 236 g/mol. The van der Waals surface area contributed by atoms with E-state index in [4.69, 9.17) is 10.5 Å². The number of hydrogen-bond acceptors (Lipinski definition) is 3. The number of rotatable bonds is 4. The number of anilines is 2. The van der Waals surface area contributed by atoms with Gasteiger partial charge >= 0.3 is 0 Å². The van der Waals surface area contributed by atoms with E-state index < -0.39 is 0 Å². The summed E-state index contributed by atoms with van der Waals surface area (Å²) in [6.45, 7) is 2.04. The molecule has 19 heavy (non-hydrogen) atoms. The van der Waals surface area contributed by atoms with Gasteiger partial charge in [-0.2, -0.15) is 0 Å². The van der Waals surface area contributed by atoms with Gasteiger partial charge in [-0.15, -0.1) is 0 Å². The van der Waals surface area contributed by atoms with E-state index >= 15 is 0 Å². The SMILES string of the molecule is CC(Oc1cccc(N)c1)c1ccc(N(C)C)cc1. The molecular formula is C16H20N2O. The van der Waals surface area contributed by atoms with Crippen LogP contribution in [0.15, 0.2) is 48.5 Å². The third kappa shape index (κ3) is 3.41. The Kier molecular flexibility index (Phi) is 3.95. The first-order chi connectivity index (χ1) is 9.06. The molecule has 100 valence electrons. The second kappa shape index (κ2) is 5.65. The lowest BCUT2D eigenvalue weighted by atomic mass is 10.1. The zero-order valence-corrected chi connectivity index (χ0v) is 11.6. The Bertz CT molecular complexity index is 535. The van der Waals surface area contributed by atoms with Crippen LogP contribution in [0.1, 0.15) is 18.6 Å². The van der Waals surface area contributed by atoms with E-state index in [1.807, 2.05) is 45.3 Å². The largest absolute Gasteiger partial charge is 0.486 e. The highest BCUT2D eigenvalue weighted by Crippen LogP contribution is 2.24. The Morgan fingerprint density at radius 1 is 1.05 bits per heavy atom. The van der Waals surface area contributed by atoms with Crippen LogP contribution in [0.4, 0.5) is 11.4 Å². The maximum absolute atomic E-state index is 5.89. The Balaban J connectivity index is 2.09. The molecule has 1 atom stereocenters. The molecule has 0 amide bonds. The van der Waals surface area contributed by atoms with Crippen LogP contribution in [0.25, 0.3) is 0 Å². The zero-order valence-electron chi connectivity index (χ0n) is 11.6. The van der Waals surface area contributed by atoms with Crippen LogP contribution >= 0.6 is 0 Å².